The predicted molar refractivity (Wildman–Crippen MR) is 171 cm³/mol. The van der Waals surface area contributed by atoms with E-state index in [1.807, 2.05) is 0 Å². The van der Waals surface area contributed by atoms with Crippen molar-refractivity contribution in [3.63, 3.8) is 0 Å². The zero-order valence-corrected chi connectivity index (χ0v) is 30.6. The van der Waals surface area contributed by atoms with Gasteiger partial charge in [-0.25, -0.2) is 0 Å². The molecule has 3 rings (SSSR count). The molecule has 0 aromatic rings. The van der Waals surface area contributed by atoms with E-state index in [9.17, 15) is 18.0 Å². The molecule has 0 aromatic heterocycles. The fourth-order valence-electron chi connectivity index (χ4n) is 7.54. The largest absolute Gasteiger partial charge is 0.471 e. The average molecular weight is 632 g/mol. The summed E-state index contributed by atoms with van der Waals surface area (Å²) in [4.78, 5) is 12.0. The molecule has 1 amide bonds. The second-order valence-electron chi connectivity index (χ2n) is 17.3. The molecule has 7 atom stereocenters. The Labute approximate surface area is 256 Å². The lowest BCUT2D eigenvalue weighted by molar-refractivity contribution is -0.174. The third-order valence-electron chi connectivity index (χ3n) is 12.6. The van der Waals surface area contributed by atoms with Crippen LogP contribution in [0.4, 0.5) is 13.2 Å². The van der Waals surface area contributed by atoms with Crippen LogP contribution in [0.25, 0.3) is 0 Å². The molecule has 0 saturated heterocycles. The van der Waals surface area contributed by atoms with E-state index in [0.717, 1.165) is 38.5 Å². The van der Waals surface area contributed by atoms with Gasteiger partial charge in [-0.2, -0.15) is 13.2 Å². The Morgan fingerprint density at radius 3 is 2.07 bits per heavy atom. The van der Waals surface area contributed by atoms with E-state index in [0.29, 0.717) is 6.61 Å². The fraction of sp³-hybridized carbons (Fsp3) is 0.909. The Kier molecular flexibility index (Phi) is 10.2. The number of rotatable bonds is 8. The van der Waals surface area contributed by atoms with Gasteiger partial charge in [0.05, 0.1) is 0 Å². The van der Waals surface area contributed by atoms with Gasteiger partial charge in [0.1, 0.15) is 0 Å². The van der Waals surface area contributed by atoms with Crippen molar-refractivity contribution in [2.45, 2.75) is 142 Å². The van der Waals surface area contributed by atoms with Gasteiger partial charge in [-0.1, -0.05) is 67.5 Å². The third-order valence-corrected chi connectivity index (χ3v) is 21.6. The quantitative estimate of drug-likeness (QED) is 0.214. The number of hydrogen-bond donors (Lipinski definition) is 1. The first-order valence-electron chi connectivity index (χ1n) is 16.2. The molecule has 2 saturated carbocycles. The normalized spacial score (nSPS) is 34.8. The number of allylic oxidation sites excluding steroid dienone is 2. The third kappa shape index (κ3) is 7.42. The molecule has 244 valence electrons. The molecule has 0 radical (unpaired) electrons. The standard InChI is InChI=1S/C33H60F3NO3Si2/c1-29(2,3)41(9,10)39-22-23-20-24(40-42(11,12)30(4,5)6)15-19-32(23,8)27-16-18-31(7)17-13-14-26(31)25(27)21-37-28(38)33(34,35)36/h13,17,23-27H,14-16,18-22H2,1-12H3,(H,37,38)/t23-,24+,25+,26+,27+,31+,32+/m1/s1. The van der Waals surface area contributed by atoms with Crippen LogP contribution in [0, 0.1) is 34.5 Å². The van der Waals surface area contributed by atoms with Crippen LogP contribution < -0.4 is 5.32 Å². The molecule has 0 unspecified atom stereocenters. The molecular formula is C33H60F3NO3Si2. The first kappa shape index (κ1) is 35.8. The highest BCUT2D eigenvalue weighted by molar-refractivity contribution is 6.74. The minimum absolute atomic E-state index is 0.0247. The molecule has 9 heteroatoms. The van der Waals surface area contributed by atoms with Gasteiger partial charge in [-0.15, -0.1) is 0 Å². The maximum Gasteiger partial charge on any atom is 0.471 e. The van der Waals surface area contributed by atoms with Gasteiger partial charge in [0.15, 0.2) is 16.6 Å². The molecule has 0 bridgehead atoms. The van der Waals surface area contributed by atoms with Crippen molar-refractivity contribution in [3.8, 4) is 0 Å². The van der Waals surface area contributed by atoms with Crippen LogP contribution in [0.3, 0.4) is 0 Å². The van der Waals surface area contributed by atoms with Crippen molar-refractivity contribution < 1.29 is 26.8 Å². The second kappa shape index (κ2) is 11.9. The second-order valence-corrected chi connectivity index (χ2v) is 26.9. The number of nitrogens with one attached hydrogen (secondary N) is 1. The van der Waals surface area contributed by atoms with Gasteiger partial charge in [0.2, 0.25) is 0 Å². The van der Waals surface area contributed by atoms with Crippen LogP contribution in [0.1, 0.15) is 93.9 Å². The maximum absolute atomic E-state index is 13.3. The van der Waals surface area contributed by atoms with Crippen molar-refractivity contribution >= 4 is 22.5 Å². The molecule has 3 aliphatic carbocycles. The number of hydrogen-bond acceptors (Lipinski definition) is 3. The molecule has 0 heterocycles. The Bertz CT molecular complexity index is 1000. The SMILES string of the molecule is CC(C)(C)[Si](C)(C)OC[C@H]1C[C@@H](O[Si](C)(C)C(C)(C)C)CC[C@]1(C)[C@H]1CC[C@]2(C)C=CC[C@H]2[C@@H]1CNC(=O)C(F)(F)F. The van der Waals surface area contributed by atoms with Crippen molar-refractivity contribution in [1.82, 2.24) is 5.32 Å². The monoisotopic (exact) mass is 631 g/mol. The van der Waals surface area contributed by atoms with Crippen LogP contribution in [0.5, 0.6) is 0 Å². The summed E-state index contributed by atoms with van der Waals surface area (Å²) in [5, 5.41) is 2.52. The van der Waals surface area contributed by atoms with Crippen LogP contribution in [0.2, 0.25) is 36.3 Å². The number of amides is 1. The van der Waals surface area contributed by atoms with Crippen molar-refractivity contribution in [2.24, 2.45) is 34.5 Å². The van der Waals surface area contributed by atoms with Gasteiger partial charge in [-0.3, -0.25) is 4.79 Å². The molecule has 42 heavy (non-hydrogen) atoms. The fourth-order valence-corrected chi connectivity index (χ4v) is 9.99. The predicted octanol–water partition coefficient (Wildman–Crippen LogP) is 9.49. The molecule has 0 aromatic carbocycles. The van der Waals surface area contributed by atoms with Gasteiger partial charge < -0.3 is 14.2 Å². The molecule has 0 spiro atoms. The zero-order chi connectivity index (χ0) is 32.2. The van der Waals surface area contributed by atoms with Crippen molar-refractivity contribution in [3.05, 3.63) is 12.2 Å². The molecule has 2 fully saturated rings. The number of carbonyl (C=O) groups excluding carboxylic acids is 1. The van der Waals surface area contributed by atoms with E-state index in [4.69, 9.17) is 8.85 Å². The first-order valence-corrected chi connectivity index (χ1v) is 22.0. The summed E-state index contributed by atoms with van der Waals surface area (Å²) in [6.45, 7) is 28.2. The molecule has 3 aliphatic rings. The Balaban J connectivity index is 1.95. The van der Waals surface area contributed by atoms with Gasteiger partial charge >= 0.3 is 12.1 Å². The number of alkyl halides is 3. The van der Waals surface area contributed by atoms with Gasteiger partial charge in [0.25, 0.3) is 0 Å². The Morgan fingerprint density at radius 2 is 1.52 bits per heavy atom. The summed E-state index contributed by atoms with van der Waals surface area (Å²) in [7, 11) is -4.00. The molecule has 0 aliphatic heterocycles. The van der Waals surface area contributed by atoms with E-state index >= 15 is 0 Å². The lowest BCUT2D eigenvalue weighted by Gasteiger charge is -2.57. The Morgan fingerprint density at radius 1 is 0.929 bits per heavy atom. The van der Waals surface area contributed by atoms with Crippen LogP contribution in [-0.4, -0.2) is 48.0 Å². The topological polar surface area (TPSA) is 47.6 Å². The minimum Gasteiger partial charge on any atom is -0.417 e. The number of halogens is 3. The highest BCUT2D eigenvalue weighted by atomic mass is 28.4. The Hall–Kier alpha value is -0.646. The minimum atomic E-state index is -4.87. The van der Waals surface area contributed by atoms with E-state index in [2.05, 4.69) is 99.0 Å². The zero-order valence-electron chi connectivity index (χ0n) is 28.6. The summed E-state index contributed by atoms with van der Waals surface area (Å²) in [5.41, 5.74) is -0.149. The highest BCUT2D eigenvalue weighted by Gasteiger charge is 2.56. The molecule has 1 N–H and O–H groups in total. The van der Waals surface area contributed by atoms with E-state index in [1.165, 1.54) is 0 Å². The summed E-state index contributed by atoms with van der Waals surface area (Å²) < 4.78 is 53.7. The van der Waals surface area contributed by atoms with E-state index in [-0.39, 0.29) is 57.2 Å². The first-order chi connectivity index (χ1) is 18.8. The van der Waals surface area contributed by atoms with E-state index in [1.54, 1.807) is 0 Å². The smallest absolute Gasteiger partial charge is 0.417 e. The van der Waals surface area contributed by atoms with Crippen LogP contribution >= 0.6 is 0 Å². The van der Waals surface area contributed by atoms with Gasteiger partial charge in [0, 0.05) is 19.3 Å². The van der Waals surface area contributed by atoms with Crippen LogP contribution in [-0.2, 0) is 13.6 Å². The molecular weight excluding hydrogens is 572 g/mol. The summed E-state index contributed by atoms with van der Waals surface area (Å²) in [6.07, 6.45) is 5.44. The van der Waals surface area contributed by atoms with E-state index < -0.39 is 28.7 Å². The number of fused-ring (bicyclic) bond motifs is 1. The lowest BCUT2D eigenvalue weighted by atomic mass is 9.49. The molecule has 4 nitrogen and oxygen atoms in total. The summed E-state index contributed by atoms with van der Waals surface area (Å²) in [6, 6.07) is 0. The average Bonchev–Trinajstić information content (AvgIpc) is 3.22. The lowest BCUT2D eigenvalue weighted by Crippen LogP contribution is -2.56. The number of carbonyl (C=O) groups is 1. The van der Waals surface area contributed by atoms with Crippen LogP contribution in [0.15, 0.2) is 12.2 Å². The highest BCUT2D eigenvalue weighted by Crippen LogP contribution is 2.61. The van der Waals surface area contributed by atoms with Gasteiger partial charge in [-0.05, 0) is 109 Å². The summed E-state index contributed by atoms with van der Waals surface area (Å²) >= 11 is 0. The van der Waals surface area contributed by atoms with Crippen molar-refractivity contribution in [1.29, 1.82) is 0 Å². The maximum atomic E-state index is 13.3. The summed E-state index contributed by atoms with van der Waals surface area (Å²) in [5.74, 6) is -1.19. The van der Waals surface area contributed by atoms with Crippen molar-refractivity contribution in [2.75, 3.05) is 13.2 Å².